The molecule has 0 radical (unpaired) electrons. The minimum atomic E-state index is -4.89. The van der Waals surface area contributed by atoms with Crippen LogP contribution < -0.4 is 9.47 Å². The molecule has 0 fully saturated rings. The van der Waals surface area contributed by atoms with Crippen molar-refractivity contribution in [2.45, 2.75) is 6.18 Å². The van der Waals surface area contributed by atoms with Crippen LogP contribution in [0.3, 0.4) is 0 Å². The van der Waals surface area contributed by atoms with Gasteiger partial charge in [0, 0.05) is 5.56 Å². The Morgan fingerprint density at radius 3 is 2.12 bits per heavy atom. The number of benzene rings is 1. The van der Waals surface area contributed by atoms with E-state index in [2.05, 4.69) is 0 Å². The van der Waals surface area contributed by atoms with Crippen molar-refractivity contribution in [3.8, 4) is 11.5 Å². The Kier molecular flexibility index (Phi) is 3.41. The zero-order valence-corrected chi connectivity index (χ0v) is 8.59. The maximum absolute atomic E-state index is 12.1. The predicted molar refractivity (Wildman–Crippen MR) is 49.9 cm³/mol. The summed E-state index contributed by atoms with van der Waals surface area (Å²) < 4.78 is 46.0. The third-order valence-electron chi connectivity index (χ3n) is 1.90. The monoisotopic (exact) mass is 234 g/mol. The first-order chi connectivity index (χ1) is 7.40. The van der Waals surface area contributed by atoms with Crippen LogP contribution in [-0.2, 0) is 0 Å². The van der Waals surface area contributed by atoms with Crippen molar-refractivity contribution < 1.29 is 27.4 Å². The molecule has 0 aliphatic rings. The van der Waals surface area contributed by atoms with E-state index >= 15 is 0 Å². The number of hydrogen-bond acceptors (Lipinski definition) is 3. The molecule has 0 atom stereocenters. The molecule has 1 aromatic rings. The molecule has 0 unspecified atom stereocenters. The van der Waals surface area contributed by atoms with Crippen LogP contribution in [0.25, 0.3) is 0 Å². The molecular formula is C10H9F3O3. The van der Waals surface area contributed by atoms with Gasteiger partial charge in [0.25, 0.3) is 5.78 Å². The summed E-state index contributed by atoms with van der Waals surface area (Å²) in [5.41, 5.74) is -0.481. The van der Waals surface area contributed by atoms with Gasteiger partial charge < -0.3 is 9.47 Å². The summed E-state index contributed by atoms with van der Waals surface area (Å²) in [4.78, 5) is 10.9. The van der Waals surface area contributed by atoms with Gasteiger partial charge in [-0.1, -0.05) is 0 Å². The average Bonchev–Trinajstić information content (AvgIpc) is 2.25. The van der Waals surface area contributed by atoms with Crippen molar-refractivity contribution in [1.82, 2.24) is 0 Å². The molecule has 0 saturated heterocycles. The number of carbonyl (C=O) groups excluding carboxylic acids is 1. The smallest absolute Gasteiger partial charge is 0.454 e. The fourth-order valence-corrected chi connectivity index (χ4v) is 1.14. The number of halogens is 3. The predicted octanol–water partition coefficient (Wildman–Crippen LogP) is 2.45. The van der Waals surface area contributed by atoms with E-state index < -0.39 is 17.5 Å². The van der Waals surface area contributed by atoms with Crippen LogP contribution in [0.1, 0.15) is 10.4 Å². The van der Waals surface area contributed by atoms with E-state index in [4.69, 9.17) is 9.47 Å². The normalized spacial score (nSPS) is 11.1. The molecule has 0 spiro atoms. The van der Waals surface area contributed by atoms with Crippen molar-refractivity contribution in [1.29, 1.82) is 0 Å². The molecule has 0 amide bonds. The molecule has 88 valence electrons. The van der Waals surface area contributed by atoms with Crippen molar-refractivity contribution in [3.05, 3.63) is 23.8 Å². The van der Waals surface area contributed by atoms with Crippen molar-refractivity contribution >= 4 is 5.78 Å². The zero-order valence-electron chi connectivity index (χ0n) is 8.59. The lowest BCUT2D eigenvalue weighted by Gasteiger charge is -2.10. The fourth-order valence-electron chi connectivity index (χ4n) is 1.14. The largest absolute Gasteiger partial charge is 0.493 e. The number of hydrogen-bond donors (Lipinski definition) is 0. The highest BCUT2D eigenvalue weighted by Crippen LogP contribution is 2.30. The Hall–Kier alpha value is -1.72. The zero-order chi connectivity index (χ0) is 12.3. The van der Waals surface area contributed by atoms with Gasteiger partial charge in [-0.05, 0) is 18.2 Å². The second kappa shape index (κ2) is 4.42. The fraction of sp³-hybridized carbons (Fsp3) is 0.300. The molecule has 16 heavy (non-hydrogen) atoms. The Morgan fingerprint density at radius 2 is 1.69 bits per heavy atom. The summed E-state index contributed by atoms with van der Waals surface area (Å²) in [7, 11) is 2.63. The standard InChI is InChI=1S/C10H9F3O3/c1-15-7-4-3-6(5-8(7)16-2)9(14)10(11,12)13/h3-5H,1-2H3. The van der Waals surface area contributed by atoms with E-state index in [1.807, 2.05) is 0 Å². The van der Waals surface area contributed by atoms with Crippen LogP contribution in [0.15, 0.2) is 18.2 Å². The SMILES string of the molecule is COc1ccc(C(=O)C(F)(F)F)cc1OC. The Balaban J connectivity index is 3.13. The minimum Gasteiger partial charge on any atom is -0.493 e. The Bertz CT molecular complexity index is 399. The number of rotatable bonds is 3. The van der Waals surface area contributed by atoms with Crippen molar-refractivity contribution in [3.63, 3.8) is 0 Å². The van der Waals surface area contributed by atoms with Crippen LogP contribution in [-0.4, -0.2) is 26.2 Å². The molecule has 3 nitrogen and oxygen atoms in total. The van der Waals surface area contributed by atoms with E-state index in [1.165, 1.54) is 20.3 Å². The second-order valence-electron chi connectivity index (χ2n) is 2.90. The molecule has 1 rings (SSSR count). The van der Waals surface area contributed by atoms with E-state index in [0.29, 0.717) is 0 Å². The summed E-state index contributed by atoms with van der Waals surface area (Å²) >= 11 is 0. The van der Waals surface area contributed by atoms with Crippen LogP contribution in [0, 0.1) is 0 Å². The van der Waals surface area contributed by atoms with E-state index in [0.717, 1.165) is 12.1 Å². The van der Waals surface area contributed by atoms with E-state index in [-0.39, 0.29) is 11.5 Å². The number of ketones is 1. The van der Waals surface area contributed by atoms with Crippen LogP contribution >= 0.6 is 0 Å². The van der Waals surface area contributed by atoms with Gasteiger partial charge in [-0.15, -0.1) is 0 Å². The first-order valence-corrected chi connectivity index (χ1v) is 4.23. The highest BCUT2D eigenvalue weighted by atomic mass is 19.4. The summed E-state index contributed by atoms with van der Waals surface area (Å²) in [5, 5.41) is 0. The van der Waals surface area contributed by atoms with E-state index in [9.17, 15) is 18.0 Å². The maximum Gasteiger partial charge on any atom is 0.454 e. The molecule has 0 aliphatic carbocycles. The van der Waals surface area contributed by atoms with Gasteiger partial charge in [-0.25, -0.2) is 0 Å². The van der Waals surface area contributed by atoms with Crippen molar-refractivity contribution in [2.24, 2.45) is 0 Å². The summed E-state index contributed by atoms with van der Waals surface area (Å²) in [5.74, 6) is -1.56. The summed E-state index contributed by atoms with van der Waals surface area (Å²) in [6.07, 6.45) is -4.89. The molecule has 0 aromatic heterocycles. The lowest BCUT2D eigenvalue weighted by atomic mass is 10.1. The average molecular weight is 234 g/mol. The van der Waals surface area contributed by atoms with Gasteiger partial charge in [0.2, 0.25) is 0 Å². The van der Waals surface area contributed by atoms with Crippen LogP contribution in [0.5, 0.6) is 11.5 Å². The second-order valence-corrected chi connectivity index (χ2v) is 2.90. The lowest BCUT2D eigenvalue weighted by molar-refractivity contribution is -0.0885. The number of alkyl halides is 3. The minimum absolute atomic E-state index is 0.0811. The van der Waals surface area contributed by atoms with Gasteiger partial charge in [-0.2, -0.15) is 13.2 Å². The molecule has 0 N–H and O–H groups in total. The van der Waals surface area contributed by atoms with Gasteiger partial charge in [0.15, 0.2) is 11.5 Å². The maximum atomic E-state index is 12.1. The van der Waals surface area contributed by atoms with E-state index in [1.54, 1.807) is 0 Å². The van der Waals surface area contributed by atoms with Crippen LogP contribution in [0.2, 0.25) is 0 Å². The molecule has 6 heteroatoms. The highest BCUT2D eigenvalue weighted by Gasteiger charge is 2.39. The molecule has 0 saturated carbocycles. The molecule has 0 aliphatic heterocycles. The van der Waals surface area contributed by atoms with Gasteiger partial charge >= 0.3 is 6.18 Å². The quantitative estimate of drug-likeness (QED) is 0.753. The third-order valence-corrected chi connectivity index (χ3v) is 1.90. The Morgan fingerprint density at radius 1 is 1.12 bits per heavy atom. The Labute approximate surface area is 89.8 Å². The van der Waals surface area contributed by atoms with Gasteiger partial charge in [-0.3, -0.25) is 4.79 Å². The first kappa shape index (κ1) is 12.4. The topological polar surface area (TPSA) is 35.5 Å². The molecule has 1 aromatic carbocycles. The number of ether oxygens (including phenoxy) is 2. The number of methoxy groups -OCH3 is 2. The molecule has 0 heterocycles. The van der Waals surface area contributed by atoms with Crippen LogP contribution in [0.4, 0.5) is 13.2 Å². The van der Waals surface area contributed by atoms with Crippen molar-refractivity contribution in [2.75, 3.05) is 14.2 Å². The first-order valence-electron chi connectivity index (χ1n) is 4.23. The van der Waals surface area contributed by atoms with Gasteiger partial charge in [0.05, 0.1) is 14.2 Å². The van der Waals surface area contributed by atoms with Gasteiger partial charge in [0.1, 0.15) is 0 Å². The third kappa shape index (κ3) is 2.44. The number of carbonyl (C=O) groups is 1. The lowest BCUT2D eigenvalue weighted by Crippen LogP contribution is -2.22. The molecule has 0 bridgehead atoms. The summed E-state index contributed by atoms with van der Waals surface area (Å²) in [6.45, 7) is 0. The number of Topliss-reactive ketones (excluding diaryl/α,β-unsaturated/α-hetero) is 1. The molecular weight excluding hydrogens is 225 g/mol. The summed E-state index contributed by atoms with van der Waals surface area (Å²) in [6, 6.07) is 3.28. The highest BCUT2D eigenvalue weighted by molar-refractivity contribution is 6.00.